The molecule has 0 aliphatic rings. The van der Waals surface area contributed by atoms with Crippen molar-refractivity contribution in [1.29, 1.82) is 0 Å². The molecule has 0 atom stereocenters. The number of sulfonamides is 1. The molecule has 0 aromatic heterocycles. The van der Waals surface area contributed by atoms with Gasteiger partial charge in [0.05, 0.1) is 4.90 Å². The average molecular weight is 359 g/mol. The minimum atomic E-state index is -3.45. The molecule has 0 aliphatic heterocycles. The van der Waals surface area contributed by atoms with Gasteiger partial charge < -0.3 is 5.73 Å². The zero-order chi connectivity index (χ0) is 15.1. The lowest BCUT2D eigenvalue weighted by Gasteiger charge is -2.09. The zero-order valence-electron chi connectivity index (χ0n) is 12.5. The van der Waals surface area contributed by atoms with Gasteiger partial charge in [-0.05, 0) is 30.8 Å². The lowest BCUT2D eigenvalue weighted by molar-refractivity contribution is 0.573. The maximum atomic E-state index is 12.4. The second-order valence-electron chi connectivity index (χ2n) is 5.08. The van der Waals surface area contributed by atoms with E-state index >= 15 is 0 Å². The van der Waals surface area contributed by atoms with Gasteiger partial charge in [0.15, 0.2) is 0 Å². The minimum Gasteiger partial charge on any atom is -0.330 e. The Bertz CT molecular complexity index is 685. The van der Waals surface area contributed by atoms with Crippen LogP contribution in [0.5, 0.6) is 0 Å². The van der Waals surface area contributed by atoms with Crippen LogP contribution in [-0.2, 0) is 10.0 Å². The second-order valence-corrected chi connectivity index (χ2v) is 6.81. The summed E-state index contributed by atoms with van der Waals surface area (Å²) in [5.74, 6) is 0. The number of rotatable bonds is 8. The molecule has 0 amide bonds. The molecular weight excluding hydrogens is 332 g/mol. The van der Waals surface area contributed by atoms with E-state index in [1.165, 1.54) is 0 Å². The van der Waals surface area contributed by atoms with Crippen LogP contribution in [0.4, 0.5) is 0 Å². The summed E-state index contributed by atoms with van der Waals surface area (Å²) in [5.41, 5.74) is 5.43. The van der Waals surface area contributed by atoms with Crippen molar-refractivity contribution >= 4 is 33.2 Å². The largest absolute Gasteiger partial charge is 0.330 e. The van der Waals surface area contributed by atoms with Gasteiger partial charge in [0, 0.05) is 11.9 Å². The molecule has 130 valence electrons. The van der Waals surface area contributed by atoms with E-state index in [0.29, 0.717) is 18.0 Å². The number of hydrogen-bond acceptors (Lipinski definition) is 3. The van der Waals surface area contributed by atoms with Crippen molar-refractivity contribution < 1.29 is 8.42 Å². The minimum absolute atomic E-state index is 0. The normalized spacial score (nSPS) is 10.8. The van der Waals surface area contributed by atoms with Crippen LogP contribution in [0.25, 0.3) is 10.8 Å². The SMILES string of the molecule is C.Cl.NCCCCCCNS(=O)(=O)c1cccc2ccccc12. The standard InChI is InChI=1S/C16H22N2O2S.CH4.ClH/c17-12-5-1-2-6-13-18-21(19,20)16-11-7-9-14-8-3-4-10-15(14)16;;/h3-4,7-11,18H,1-2,5-6,12-13,17H2;1H4;1H. The smallest absolute Gasteiger partial charge is 0.241 e. The van der Waals surface area contributed by atoms with Gasteiger partial charge in [0.25, 0.3) is 0 Å². The number of halogens is 1. The number of nitrogens with two attached hydrogens (primary N) is 1. The van der Waals surface area contributed by atoms with Crippen molar-refractivity contribution in [1.82, 2.24) is 4.72 Å². The summed E-state index contributed by atoms with van der Waals surface area (Å²) in [4.78, 5) is 0.350. The summed E-state index contributed by atoms with van der Waals surface area (Å²) in [6.07, 6.45) is 3.88. The lowest BCUT2D eigenvalue weighted by Crippen LogP contribution is -2.25. The van der Waals surface area contributed by atoms with Gasteiger partial charge in [0.2, 0.25) is 10.0 Å². The number of benzene rings is 2. The molecular formula is C17H27ClN2O2S. The van der Waals surface area contributed by atoms with Gasteiger partial charge in [-0.1, -0.05) is 56.7 Å². The fraction of sp³-hybridized carbons (Fsp3) is 0.412. The van der Waals surface area contributed by atoms with Gasteiger partial charge in [-0.25, -0.2) is 13.1 Å². The Hall–Kier alpha value is -1.14. The molecule has 0 aliphatic carbocycles. The van der Waals surface area contributed by atoms with Gasteiger partial charge in [-0.15, -0.1) is 12.4 Å². The summed E-state index contributed by atoms with van der Waals surface area (Å²) in [5, 5.41) is 1.69. The van der Waals surface area contributed by atoms with Crippen LogP contribution < -0.4 is 10.5 Å². The fourth-order valence-corrected chi connectivity index (χ4v) is 3.64. The number of fused-ring (bicyclic) bond motifs is 1. The molecule has 23 heavy (non-hydrogen) atoms. The maximum Gasteiger partial charge on any atom is 0.241 e. The average Bonchev–Trinajstić information content (AvgIpc) is 2.50. The predicted molar refractivity (Wildman–Crippen MR) is 101 cm³/mol. The van der Waals surface area contributed by atoms with E-state index in [1.54, 1.807) is 12.1 Å². The van der Waals surface area contributed by atoms with E-state index in [9.17, 15) is 8.42 Å². The van der Waals surface area contributed by atoms with E-state index in [0.717, 1.165) is 36.5 Å². The Morgan fingerprint density at radius 2 is 1.57 bits per heavy atom. The third kappa shape index (κ3) is 6.11. The van der Waals surface area contributed by atoms with Crippen molar-refractivity contribution in [2.45, 2.75) is 38.0 Å². The highest BCUT2D eigenvalue weighted by molar-refractivity contribution is 7.89. The molecule has 2 aromatic rings. The van der Waals surface area contributed by atoms with E-state index in [4.69, 9.17) is 5.73 Å². The molecule has 0 saturated carbocycles. The fourth-order valence-electron chi connectivity index (χ4n) is 2.34. The van der Waals surface area contributed by atoms with Crippen LogP contribution in [0.3, 0.4) is 0 Å². The van der Waals surface area contributed by atoms with E-state index in [1.807, 2.05) is 30.3 Å². The lowest BCUT2D eigenvalue weighted by atomic mass is 10.1. The Kier molecular flexibility index (Phi) is 10.1. The first-order valence-corrected chi connectivity index (χ1v) is 8.81. The quantitative estimate of drug-likeness (QED) is 0.707. The summed E-state index contributed by atoms with van der Waals surface area (Å²) in [6.45, 7) is 1.16. The molecule has 2 aromatic carbocycles. The van der Waals surface area contributed by atoms with Gasteiger partial charge in [0.1, 0.15) is 0 Å². The number of hydrogen-bond donors (Lipinski definition) is 2. The molecule has 0 heterocycles. The van der Waals surface area contributed by atoms with Crippen LogP contribution in [0.2, 0.25) is 0 Å². The van der Waals surface area contributed by atoms with Crippen molar-refractivity contribution in [2.24, 2.45) is 5.73 Å². The van der Waals surface area contributed by atoms with Crippen LogP contribution >= 0.6 is 12.4 Å². The third-order valence-corrected chi connectivity index (χ3v) is 4.98. The van der Waals surface area contributed by atoms with E-state index in [2.05, 4.69) is 4.72 Å². The van der Waals surface area contributed by atoms with Crippen molar-refractivity contribution in [3.63, 3.8) is 0 Å². The Morgan fingerprint density at radius 1 is 0.913 bits per heavy atom. The number of unbranched alkanes of at least 4 members (excludes halogenated alkanes) is 3. The van der Waals surface area contributed by atoms with E-state index in [-0.39, 0.29) is 19.8 Å². The molecule has 0 unspecified atom stereocenters. The summed E-state index contributed by atoms with van der Waals surface area (Å²) in [6, 6.07) is 12.9. The van der Waals surface area contributed by atoms with Crippen molar-refractivity contribution in [3.8, 4) is 0 Å². The molecule has 0 spiro atoms. The first kappa shape index (κ1) is 21.9. The molecule has 0 radical (unpaired) electrons. The summed E-state index contributed by atoms with van der Waals surface area (Å²) < 4.78 is 27.5. The van der Waals surface area contributed by atoms with Crippen LogP contribution in [0, 0.1) is 0 Å². The van der Waals surface area contributed by atoms with Crippen LogP contribution in [0.1, 0.15) is 33.1 Å². The monoisotopic (exact) mass is 358 g/mol. The van der Waals surface area contributed by atoms with Gasteiger partial charge in [-0.3, -0.25) is 0 Å². The molecule has 0 bridgehead atoms. The first-order valence-electron chi connectivity index (χ1n) is 7.32. The highest BCUT2D eigenvalue weighted by Crippen LogP contribution is 2.22. The highest BCUT2D eigenvalue weighted by Gasteiger charge is 2.15. The van der Waals surface area contributed by atoms with Crippen LogP contribution in [-0.4, -0.2) is 21.5 Å². The highest BCUT2D eigenvalue weighted by atomic mass is 35.5. The predicted octanol–water partition coefficient (Wildman–Crippen LogP) is 3.70. The zero-order valence-corrected chi connectivity index (χ0v) is 14.1. The molecule has 0 saturated heterocycles. The molecule has 2 rings (SSSR count). The van der Waals surface area contributed by atoms with Crippen LogP contribution in [0.15, 0.2) is 47.4 Å². The van der Waals surface area contributed by atoms with E-state index < -0.39 is 10.0 Å². The van der Waals surface area contributed by atoms with Gasteiger partial charge >= 0.3 is 0 Å². The summed E-state index contributed by atoms with van der Waals surface area (Å²) in [7, 11) is -3.45. The Balaban J connectivity index is 0.00000242. The second kappa shape index (κ2) is 10.6. The molecule has 0 fully saturated rings. The number of nitrogens with one attached hydrogen (secondary N) is 1. The maximum absolute atomic E-state index is 12.4. The topological polar surface area (TPSA) is 72.2 Å². The molecule has 6 heteroatoms. The van der Waals surface area contributed by atoms with Crippen molar-refractivity contribution in [3.05, 3.63) is 42.5 Å². The third-order valence-electron chi connectivity index (χ3n) is 3.46. The molecule has 3 N–H and O–H groups in total. The first-order chi connectivity index (χ1) is 10.1. The summed E-state index contributed by atoms with van der Waals surface area (Å²) >= 11 is 0. The van der Waals surface area contributed by atoms with Crippen molar-refractivity contribution in [2.75, 3.05) is 13.1 Å². The van der Waals surface area contributed by atoms with Gasteiger partial charge in [-0.2, -0.15) is 0 Å². The molecule has 4 nitrogen and oxygen atoms in total. The Labute approximate surface area is 145 Å². The Morgan fingerprint density at radius 3 is 2.30 bits per heavy atom.